The van der Waals surface area contributed by atoms with Gasteiger partial charge < -0.3 is 10.2 Å². The highest BCUT2D eigenvalue weighted by atomic mass is 32.2. The van der Waals surface area contributed by atoms with E-state index in [0.717, 1.165) is 0 Å². The van der Waals surface area contributed by atoms with Crippen LogP contribution in [0.15, 0.2) is 59.5 Å². The third-order valence-electron chi connectivity index (χ3n) is 4.01. The Morgan fingerprint density at radius 1 is 1.12 bits per heavy atom. The molecule has 0 heterocycles. The van der Waals surface area contributed by atoms with Gasteiger partial charge >= 0.3 is 6.03 Å². The number of nitrogens with one attached hydrogen (secondary N) is 1. The lowest BCUT2D eigenvalue weighted by atomic mass is 10.1. The molecule has 2 aromatic carbocycles. The highest BCUT2D eigenvalue weighted by molar-refractivity contribution is 7.91. The second-order valence-corrected chi connectivity index (χ2v) is 7.78. The minimum Gasteiger partial charge on any atom is -0.337 e. The molecule has 0 fully saturated rings. The largest absolute Gasteiger partial charge is 0.337 e. The fourth-order valence-corrected chi connectivity index (χ4v) is 3.54. The molecule has 0 bridgehead atoms. The quantitative estimate of drug-likeness (QED) is 0.857. The number of halogens is 1. The molecule has 1 N–H and O–H groups in total. The van der Waals surface area contributed by atoms with Crippen molar-refractivity contribution in [2.75, 3.05) is 19.3 Å². The summed E-state index contributed by atoms with van der Waals surface area (Å²) in [5.74, 6) is -0.591. The molecule has 5 nitrogen and oxygen atoms in total. The van der Waals surface area contributed by atoms with E-state index in [1.165, 1.54) is 30.1 Å². The van der Waals surface area contributed by atoms with E-state index >= 15 is 0 Å². The number of hydrogen-bond acceptors (Lipinski definition) is 3. The number of nitrogens with zero attached hydrogens (tertiary/aromatic N) is 1. The zero-order valence-electron chi connectivity index (χ0n) is 14.1. The third-order valence-corrected chi connectivity index (χ3v) is 5.74. The topological polar surface area (TPSA) is 66.5 Å². The Balaban J connectivity index is 1.93. The van der Waals surface area contributed by atoms with Crippen LogP contribution in [0.5, 0.6) is 0 Å². The number of carbonyl (C=O) groups is 1. The molecule has 0 saturated heterocycles. The smallest absolute Gasteiger partial charge is 0.317 e. The first-order valence-electron chi connectivity index (χ1n) is 7.86. The number of carbonyl (C=O) groups excluding carboxylic acids is 1. The first-order chi connectivity index (χ1) is 11.8. The highest BCUT2D eigenvalue weighted by Gasteiger charge is 2.20. The molecule has 25 heavy (non-hydrogen) atoms. The summed E-state index contributed by atoms with van der Waals surface area (Å²) < 4.78 is 38.2. The molecule has 1 unspecified atom stereocenters. The van der Waals surface area contributed by atoms with Gasteiger partial charge in [-0.2, -0.15) is 0 Å². The summed E-state index contributed by atoms with van der Waals surface area (Å²) in [7, 11) is -1.91. The van der Waals surface area contributed by atoms with Gasteiger partial charge in [-0.05, 0) is 25.1 Å². The summed E-state index contributed by atoms with van der Waals surface area (Å²) in [6.07, 6.45) is 0. The molecule has 0 aliphatic heterocycles. The molecule has 0 aromatic heterocycles. The molecule has 2 aromatic rings. The van der Waals surface area contributed by atoms with Crippen molar-refractivity contribution in [3.63, 3.8) is 0 Å². The van der Waals surface area contributed by atoms with E-state index in [9.17, 15) is 17.6 Å². The Kier molecular flexibility index (Phi) is 6.14. The van der Waals surface area contributed by atoms with Crippen molar-refractivity contribution in [1.29, 1.82) is 0 Å². The number of rotatable bonds is 6. The predicted molar refractivity (Wildman–Crippen MR) is 94.5 cm³/mol. The summed E-state index contributed by atoms with van der Waals surface area (Å²) >= 11 is 0. The lowest BCUT2D eigenvalue weighted by Crippen LogP contribution is -2.40. The maximum atomic E-state index is 13.8. The fourth-order valence-electron chi connectivity index (χ4n) is 2.36. The molecular formula is C18H21FN2O3S. The van der Waals surface area contributed by atoms with Crippen LogP contribution in [0, 0.1) is 5.82 Å². The van der Waals surface area contributed by atoms with Crippen molar-refractivity contribution in [2.45, 2.75) is 17.9 Å². The van der Waals surface area contributed by atoms with Crippen LogP contribution in [-0.4, -0.2) is 38.7 Å². The molecule has 0 radical (unpaired) electrons. The zero-order valence-corrected chi connectivity index (χ0v) is 15.0. The normalized spacial score (nSPS) is 12.4. The highest BCUT2D eigenvalue weighted by Crippen LogP contribution is 2.21. The van der Waals surface area contributed by atoms with Gasteiger partial charge in [0.1, 0.15) is 5.82 Å². The minimum atomic E-state index is -3.45. The number of benzene rings is 2. The molecule has 0 aliphatic carbocycles. The molecule has 0 spiro atoms. The lowest BCUT2D eigenvalue weighted by Gasteiger charge is -2.25. The summed E-state index contributed by atoms with van der Waals surface area (Å²) in [5.41, 5.74) is 0.400. The molecule has 7 heteroatoms. The van der Waals surface area contributed by atoms with E-state index in [1.807, 2.05) is 0 Å². The Labute approximate surface area is 147 Å². The molecule has 0 aliphatic rings. The molecular weight excluding hydrogens is 343 g/mol. The van der Waals surface area contributed by atoms with Gasteiger partial charge in [-0.15, -0.1) is 0 Å². The van der Waals surface area contributed by atoms with Gasteiger partial charge in [-0.1, -0.05) is 36.4 Å². The number of hydrogen-bond donors (Lipinski definition) is 1. The molecule has 1 atom stereocenters. The summed E-state index contributed by atoms with van der Waals surface area (Å²) in [6, 6.07) is 13.4. The first-order valence-corrected chi connectivity index (χ1v) is 9.51. The van der Waals surface area contributed by atoms with E-state index in [4.69, 9.17) is 0 Å². The van der Waals surface area contributed by atoms with Crippen molar-refractivity contribution >= 4 is 15.9 Å². The van der Waals surface area contributed by atoms with Crippen LogP contribution in [0.2, 0.25) is 0 Å². The molecule has 0 saturated carbocycles. The van der Waals surface area contributed by atoms with Gasteiger partial charge in [-0.3, -0.25) is 0 Å². The van der Waals surface area contributed by atoms with Gasteiger partial charge in [0.15, 0.2) is 9.84 Å². The SMILES string of the molecule is CC(c1ccccc1F)N(C)C(=O)NCCS(=O)(=O)c1ccccc1. The Bertz CT molecular complexity index is 825. The Morgan fingerprint density at radius 3 is 2.36 bits per heavy atom. The summed E-state index contributed by atoms with van der Waals surface area (Å²) in [6.45, 7) is 1.68. The van der Waals surface area contributed by atoms with Gasteiger partial charge in [0.2, 0.25) is 0 Å². The predicted octanol–water partition coefficient (Wildman–Crippen LogP) is 3.00. The maximum absolute atomic E-state index is 13.8. The van der Waals surface area contributed by atoms with Crippen LogP contribution < -0.4 is 5.32 Å². The third kappa shape index (κ3) is 4.79. The monoisotopic (exact) mass is 364 g/mol. The van der Waals surface area contributed by atoms with E-state index in [-0.39, 0.29) is 23.0 Å². The first kappa shape index (κ1) is 18.9. The van der Waals surface area contributed by atoms with E-state index in [2.05, 4.69) is 5.32 Å². The van der Waals surface area contributed by atoms with Crippen molar-refractivity contribution in [3.05, 3.63) is 66.0 Å². The van der Waals surface area contributed by atoms with Crippen LogP contribution in [0.25, 0.3) is 0 Å². The average Bonchev–Trinajstić information content (AvgIpc) is 2.61. The van der Waals surface area contributed by atoms with E-state index < -0.39 is 21.9 Å². The van der Waals surface area contributed by atoms with Crippen molar-refractivity contribution in [2.24, 2.45) is 0 Å². The lowest BCUT2D eigenvalue weighted by molar-refractivity contribution is 0.194. The minimum absolute atomic E-state index is 0.0234. The summed E-state index contributed by atoms with van der Waals surface area (Å²) in [5, 5.41) is 2.56. The maximum Gasteiger partial charge on any atom is 0.317 e. The summed E-state index contributed by atoms with van der Waals surface area (Å²) in [4.78, 5) is 13.7. The van der Waals surface area contributed by atoms with Gasteiger partial charge in [0.05, 0.1) is 16.7 Å². The van der Waals surface area contributed by atoms with E-state index in [0.29, 0.717) is 5.56 Å². The second kappa shape index (κ2) is 8.11. The van der Waals surface area contributed by atoms with Crippen molar-refractivity contribution in [1.82, 2.24) is 10.2 Å². The van der Waals surface area contributed by atoms with Gasteiger partial charge in [-0.25, -0.2) is 17.6 Å². The molecule has 2 rings (SSSR count). The van der Waals surface area contributed by atoms with E-state index in [1.54, 1.807) is 43.3 Å². The number of urea groups is 1. The van der Waals surface area contributed by atoms with Crippen LogP contribution in [-0.2, 0) is 9.84 Å². The van der Waals surface area contributed by atoms with Crippen LogP contribution in [0.3, 0.4) is 0 Å². The van der Waals surface area contributed by atoms with Crippen LogP contribution in [0.1, 0.15) is 18.5 Å². The van der Waals surface area contributed by atoms with Crippen molar-refractivity contribution in [3.8, 4) is 0 Å². The zero-order chi connectivity index (χ0) is 18.4. The Hall–Kier alpha value is -2.41. The average molecular weight is 364 g/mol. The molecule has 134 valence electrons. The second-order valence-electron chi connectivity index (χ2n) is 5.67. The number of sulfone groups is 1. The number of amides is 2. The van der Waals surface area contributed by atoms with Crippen LogP contribution >= 0.6 is 0 Å². The Morgan fingerprint density at radius 2 is 1.72 bits per heavy atom. The fraction of sp³-hybridized carbons (Fsp3) is 0.278. The van der Waals surface area contributed by atoms with Crippen LogP contribution in [0.4, 0.5) is 9.18 Å². The standard InChI is InChI=1S/C18H21FN2O3S/c1-14(16-10-6-7-11-17(16)19)21(2)18(22)20-12-13-25(23,24)15-8-4-3-5-9-15/h3-11,14H,12-13H2,1-2H3,(H,20,22). The molecule has 2 amide bonds. The van der Waals surface area contributed by atoms with Gasteiger partial charge in [0.25, 0.3) is 0 Å². The van der Waals surface area contributed by atoms with Gasteiger partial charge in [0, 0.05) is 19.2 Å². The van der Waals surface area contributed by atoms with Crippen molar-refractivity contribution < 1.29 is 17.6 Å².